The van der Waals surface area contributed by atoms with Crippen molar-refractivity contribution in [3.63, 3.8) is 0 Å². The van der Waals surface area contributed by atoms with Crippen LogP contribution >= 0.6 is 0 Å². The molecule has 0 unspecified atom stereocenters. The molecule has 0 aliphatic heterocycles. The predicted octanol–water partition coefficient (Wildman–Crippen LogP) is 0.603. The molecule has 0 heterocycles. The summed E-state index contributed by atoms with van der Waals surface area (Å²) >= 11 is 0. The third-order valence-electron chi connectivity index (χ3n) is 2.33. The quantitative estimate of drug-likeness (QED) is 0.475. The van der Waals surface area contributed by atoms with Gasteiger partial charge in [0.25, 0.3) is 0 Å². The van der Waals surface area contributed by atoms with E-state index in [0.717, 1.165) is 0 Å². The van der Waals surface area contributed by atoms with Crippen LogP contribution in [0.5, 0.6) is 0 Å². The van der Waals surface area contributed by atoms with Crippen LogP contribution in [0.4, 0.5) is 0 Å². The van der Waals surface area contributed by atoms with Crippen molar-refractivity contribution < 1.29 is 0 Å². The molecule has 0 atom stereocenters. The van der Waals surface area contributed by atoms with Gasteiger partial charge in [-0.05, 0) is 37.5 Å². The lowest BCUT2D eigenvalue weighted by molar-refractivity contribution is 1.28. The van der Waals surface area contributed by atoms with Crippen molar-refractivity contribution in [1.82, 2.24) is 0 Å². The normalized spacial score (nSPS) is 10.3. The molecule has 1 aromatic carbocycles. The van der Waals surface area contributed by atoms with Crippen molar-refractivity contribution in [3.8, 4) is 0 Å². The fraction of sp³-hybridized carbons (Fsp3) is 0.333. The highest BCUT2D eigenvalue weighted by molar-refractivity contribution is 6.33. The molecule has 0 N–H and O–H groups in total. The van der Waals surface area contributed by atoms with Gasteiger partial charge in [-0.1, -0.05) is 17.3 Å². The van der Waals surface area contributed by atoms with E-state index in [0.29, 0.717) is 0 Å². The summed E-state index contributed by atoms with van der Waals surface area (Å²) in [5.74, 6) is 0. The largest absolute Gasteiger partial charge is 0.0676 e. The van der Waals surface area contributed by atoms with Crippen LogP contribution < -0.4 is 5.19 Å². The summed E-state index contributed by atoms with van der Waals surface area (Å²) in [6.45, 7) is 6.58. The molecule has 1 heteroatoms. The van der Waals surface area contributed by atoms with Crippen molar-refractivity contribution in [2.24, 2.45) is 0 Å². The fourth-order valence-corrected chi connectivity index (χ4v) is 1.63. The third kappa shape index (κ3) is 1.14. The van der Waals surface area contributed by atoms with Crippen molar-refractivity contribution in [2.45, 2.75) is 20.8 Å². The summed E-state index contributed by atoms with van der Waals surface area (Å²) < 4.78 is 0. The topological polar surface area (TPSA) is 0 Å². The minimum absolute atomic E-state index is 1.17. The molecule has 10 heavy (non-hydrogen) atoms. The average molecular weight is 150 g/mol. The maximum absolute atomic E-state index is 2.24. The molecule has 0 radical (unpaired) electrons. The van der Waals surface area contributed by atoms with Gasteiger partial charge in [-0.3, -0.25) is 0 Å². The van der Waals surface area contributed by atoms with Crippen molar-refractivity contribution in [3.05, 3.63) is 28.8 Å². The Balaban J connectivity index is 3.34. The molecule has 0 spiro atoms. The monoisotopic (exact) mass is 150 g/mol. The number of benzene rings is 1. The maximum Gasteiger partial charge on any atom is 0.0388 e. The average Bonchev–Trinajstić information content (AvgIpc) is 1.93. The maximum atomic E-state index is 2.24. The molecule has 0 aromatic heterocycles. The lowest BCUT2D eigenvalue weighted by atomic mass is 10.1. The number of rotatable bonds is 0. The molecule has 54 valence electrons. The Morgan fingerprint density at radius 1 is 1.00 bits per heavy atom. The molecule has 1 aromatic rings. The lowest BCUT2D eigenvalue weighted by Crippen LogP contribution is -2.08. The van der Waals surface area contributed by atoms with Crippen LogP contribution in [0.2, 0.25) is 0 Å². The second-order valence-corrected chi connectivity index (χ2v) is 4.03. The van der Waals surface area contributed by atoms with Gasteiger partial charge in [0.2, 0.25) is 0 Å². The van der Waals surface area contributed by atoms with E-state index >= 15 is 0 Å². The highest BCUT2D eigenvalue weighted by Crippen LogP contribution is 2.07. The van der Waals surface area contributed by atoms with Gasteiger partial charge in [0.15, 0.2) is 0 Å². The number of hydrogen-bond acceptors (Lipinski definition) is 0. The molecular formula is C9H14Si. The fourth-order valence-electron chi connectivity index (χ4n) is 1.09. The Labute approximate surface area is 65.7 Å². The van der Waals surface area contributed by atoms with Gasteiger partial charge in [0.1, 0.15) is 0 Å². The molecule has 0 aliphatic rings. The van der Waals surface area contributed by atoms with Gasteiger partial charge >= 0.3 is 0 Å². The minimum Gasteiger partial charge on any atom is -0.0676 e. The highest BCUT2D eigenvalue weighted by Gasteiger charge is 1.97. The molecule has 0 amide bonds. The Morgan fingerprint density at radius 3 is 2.10 bits per heavy atom. The first kappa shape index (κ1) is 7.54. The van der Waals surface area contributed by atoms with Crippen LogP contribution in [0.15, 0.2) is 12.1 Å². The van der Waals surface area contributed by atoms with Crippen LogP contribution in [0, 0.1) is 20.8 Å². The van der Waals surface area contributed by atoms with Crippen molar-refractivity contribution in [2.75, 3.05) is 0 Å². The van der Waals surface area contributed by atoms with E-state index in [-0.39, 0.29) is 0 Å². The molecule has 0 fully saturated rings. The highest BCUT2D eigenvalue weighted by atomic mass is 28.1. The summed E-state index contributed by atoms with van der Waals surface area (Å²) in [5, 5.41) is 1.53. The Bertz CT molecular complexity index is 224. The van der Waals surface area contributed by atoms with Crippen LogP contribution in [0.1, 0.15) is 16.7 Å². The van der Waals surface area contributed by atoms with Crippen LogP contribution in [0.25, 0.3) is 0 Å². The van der Waals surface area contributed by atoms with E-state index in [4.69, 9.17) is 0 Å². The second-order valence-electron chi connectivity index (χ2n) is 2.95. The van der Waals surface area contributed by atoms with Gasteiger partial charge < -0.3 is 0 Å². The third-order valence-corrected chi connectivity index (χ3v) is 3.41. The summed E-state index contributed by atoms with van der Waals surface area (Å²) in [4.78, 5) is 0. The molecule has 0 aliphatic carbocycles. The van der Waals surface area contributed by atoms with Gasteiger partial charge in [0, 0.05) is 10.2 Å². The van der Waals surface area contributed by atoms with Crippen LogP contribution in [-0.2, 0) is 0 Å². The van der Waals surface area contributed by atoms with Gasteiger partial charge in [-0.15, -0.1) is 0 Å². The molecular weight excluding hydrogens is 136 g/mol. The van der Waals surface area contributed by atoms with E-state index in [1.54, 1.807) is 0 Å². The SMILES string of the molecule is Cc1ccc([SiH3])c(C)c1C. The standard InChI is InChI=1S/C9H14Si/c1-6-4-5-9(10)8(3)7(6)2/h4-5H,1-3,10H3. The number of aryl methyl sites for hydroxylation is 1. The summed E-state index contributed by atoms with van der Waals surface area (Å²) in [6.07, 6.45) is 0. The minimum atomic E-state index is 1.17. The summed E-state index contributed by atoms with van der Waals surface area (Å²) in [6, 6.07) is 4.45. The van der Waals surface area contributed by atoms with E-state index in [1.165, 1.54) is 32.1 Å². The van der Waals surface area contributed by atoms with Crippen molar-refractivity contribution in [1.29, 1.82) is 0 Å². The second kappa shape index (κ2) is 2.58. The van der Waals surface area contributed by atoms with E-state index in [2.05, 4.69) is 32.9 Å². The summed E-state index contributed by atoms with van der Waals surface area (Å²) in [7, 11) is 1.17. The van der Waals surface area contributed by atoms with Crippen LogP contribution in [-0.4, -0.2) is 10.2 Å². The van der Waals surface area contributed by atoms with E-state index in [9.17, 15) is 0 Å². The lowest BCUT2D eigenvalue weighted by Gasteiger charge is -2.06. The molecule has 1 rings (SSSR count). The molecule has 0 bridgehead atoms. The first-order chi connectivity index (χ1) is 4.63. The van der Waals surface area contributed by atoms with Gasteiger partial charge in [-0.25, -0.2) is 0 Å². The first-order valence-electron chi connectivity index (χ1n) is 3.66. The van der Waals surface area contributed by atoms with Gasteiger partial charge in [-0.2, -0.15) is 0 Å². The van der Waals surface area contributed by atoms with E-state index in [1.807, 2.05) is 0 Å². The predicted molar refractivity (Wildman–Crippen MR) is 50.2 cm³/mol. The van der Waals surface area contributed by atoms with Crippen molar-refractivity contribution >= 4 is 15.4 Å². The van der Waals surface area contributed by atoms with Crippen LogP contribution in [0.3, 0.4) is 0 Å². The smallest absolute Gasteiger partial charge is 0.0388 e. The summed E-state index contributed by atoms with van der Waals surface area (Å²) in [5.41, 5.74) is 4.37. The number of hydrogen-bond donors (Lipinski definition) is 0. The Morgan fingerprint density at radius 2 is 1.60 bits per heavy atom. The Hall–Kier alpha value is -0.563. The Kier molecular flexibility index (Phi) is 1.95. The molecule has 0 saturated carbocycles. The molecule has 0 saturated heterocycles. The van der Waals surface area contributed by atoms with Gasteiger partial charge in [0.05, 0.1) is 0 Å². The first-order valence-corrected chi connectivity index (χ1v) is 4.66. The zero-order valence-corrected chi connectivity index (χ0v) is 9.15. The van der Waals surface area contributed by atoms with E-state index < -0.39 is 0 Å². The zero-order valence-electron chi connectivity index (χ0n) is 7.15. The zero-order chi connectivity index (χ0) is 7.72. The molecule has 0 nitrogen and oxygen atoms in total.